The first-order chi connectivity index (χ1) is 19.6. The Morgan fingerprint density at radius 3 is 2.44 bits per heavy atom. The molecular weight excluding hydrogens is 522 g/mol. The van der Waals surface area contributed by atoms with Gasteiger partial charge in [0, 0.05) is 44.3 Å². The quantitative estimate of drug-likeness (QED) is 0.406. The molecule has 218 valence electrons. The third-order valence-corrected chi connectivity index (χ3v) is 7.88. The second-order valence-electron chi connectivity index (χ2n) is 12.0. The Labute approximate surface area is 239 Å². The number of anilines is 1. The molecule has 0 spiro atoms. The van der Waals surface area contributed by atoms with Crippen LogP contribution in [0, 0.1) is 17.8 Å². The maximum absolute atomic E-state index is 12.7. The molecule has 5 rings (SSSR count). The van der Waals surface area contributed by atoms with Gasteiger partial charge in [-0.25, -0.2) is 19.4 Å². The fourth-order valence-corrected chi connectivity index (χ4v) is 5.83. The second-order valence-corrected chi connectivity index (χ2v) is 12.0. The smallest absolute Gasteiger partial charge is 0.407 e. The zero-order chi connectivity index (χ0) is 29.1. The maximum atomic E-state index is 12.7. The Hall–Kier alpha value is -3.99. The average molecular weight is 562 g/mol. The Kier molecular flexibility index (Phi) is 8.25. The van der Waals surface area contributed by atoms with E-state index in [0.717, 1.165) is 32.4 Å². The van der Waals surface area contributed by atoms with Gasteiger partial charge in [-0.1, -0.05) is 25.5 Å². The predicted octanol–water partition coefficient (Wildman–Crippen LogP) is 3.92. The number of carbonyl (C=O) groups is 2. The van der Waals surface area contributed by atoms with Crippen LogP contribution in [-0.4, -0.2) is 67.4 Å². The van der Waals surface area contributed by atoms with Gasteiger partial charge in [0.25, 0.3) is 0 Å². The molecule has 0 bridgehead atoms. The third kappa shape index (κ3) is 7.02. The number of rotatable bonds is 9. The van der Waals surface area contributed by atoms with E-state index in [1.54, 1.807) is 12.3 Å². The standard InChI is InChI=1S/C30H39N7O4/c1-5-6-22(36-17-24-23(25(24)18-36)16-32-29(40)41-30(2,3)4)15-20-7-9-21(10-8-20)37-13-11-26(34-28(37)39)33-27(38)35-14-12-31-19-35/h7-14,19,22-25H,5-6,15-18H2,1-4H3,(H,32,40)(H,33,34,38,39). The van der Waals surface area contributed by atoms with Crippen LogP contribution in [0.1, 0.15) is 46.1 Å². The lowest BCUT2D eigenvalue weighted by atomic mass is 10.00. The van der Waals surface area contributed by atoms with Crippen molar-refractivity contribution in [1.82, 2.24) is 29.3 Å². The van der Waals surface area contributed by atoms with E-state index in [2.05, 4.69) is 44.6 Å². The number of ether oxygens (including phenoxy) is 1. The van der Waals surface area contributed by atoms with Gasteiger partial charge in [0.15, 0.2) is 0 Å². The summed E-state index contributed by atoms with van der Waals surface area (Å²) < 4.78 is 8.10. The molecule has 1 saturated carbocycles. The monoisotopic (exact) mass is 561 g/mol. The summed E-state index contributed by atoms with van der Waals surface area (Å²) in [6.07, 6.45) is 8.84. The minimum atomic E-state index is -0.482. The summed E-state index contributed by atoms with van der Waals surface area (Å²) in [5, 5.41) is 5.54. The molecule has 11 heteroatoms. The van der Waals surface area contributed by atoms with Crippen LogP contribution >= 0.6 is 0 Å². The lowest BCUT2D eigenvalue weighted by Gasteiger charge is -2.30. The zero-order valence-electron chi connectivity index (χ0n) is 24.1. The lowest BCUT2D eigenvalue weighted by Crippen LogP contribution is -2.39. The van der Waals surface area contributed by atoms with Gasteiger partial charge in [-0.15, -0.1) is 0 Å². The summed E-state index contributed by atoms with van der Waals surface area (Å²) in [6, 6.07) is 9.63. The highest BCUT2D eigenvalue weighted by Gasteiger charge is 2.56. The molecular formula is C30H39N7O4. The molecule has 0 radical (unpaired) electrons. The fraction of sp³-hybridized carbons (Fsp3) is 0.500. The van der Waals surface area contributed by atoms with Gasteiger partial charge < -0.3 is 10.1 Å². The number of benzene rings is 1. The summed E-state index contributed by atoms with van der Waals surface area (Å²) >= 11 is 0. The van der Waals surface area contributed by atoms with Crippen LogP contribution in [0.15, 0.2) is 60.0 Å². The van der Waals surface area contributed by atoms with E-state index in [1.165, 1.54) is 33.4 Å². The summed E-state index contributed by atoms with van der Waals surface area (Å²) in [4.78, 5) is 47.3. The Morgan fingerprint density at radius 1 is 1.10 bits per heavy atom. The number of hydrogen-bond acceptors (Lipinski definition) is 7. The predicted molar refractivity (Wildman–Crippen MR) is 155 cm³/mol. The molecule has 1 aliphatic heterocycles. The molecule has 2 aromatic heterocycles. The van der Waals surface area contributed by atoms with Crippen LogP contribution in [0.3, 0.4) is 0 Å². The van der Waals surface area contributed by atoms with Gasteiger partial charge in [0.05, 0.1) is 5.69 Å². The van der Waals surface area contributed by atoms with Crippen LogP contribution in [0.4, 0.5) is 15.4 Å². The number of nitrogens with one attached hydrogen (secondary N) is 2. The SMILES string of the molecule is CCCC(Cc1ccc(-n2ccc(NC(=O)n3ccnc3)nc2=O)cc1)N1CC2C(CNC(=O)OC(C)(C)C)C2C1. The zero-order valence-corrected chi connectivity index (χ0v) is 24.1. The molecule has 3 heterocycles. The Morgan fingerprint density at radius 2 is 1.83 bits per heavy atom. The molecule has 2 amide bonds. The van der Waals surface area contributed by atoms with E-state index in [4.69, 9.17) is 4.74 Å². The molecule has 1 aliphatic carbocycles. The molecule has 11 nitrogen and oxygen atoms in total. The summed E-state index contributed by atoms with van der Waals surface area (Å²) in [6.45, 7) is 10.7. The highest BCUT2D eigenvalue weighted by Crippen LogP contribution is 2.52. The van der Waals surface area contributed by atoms with Gasteiger partial charge in [-0.3, -0.25) is 19.4 Å². The van der Waals surface area contributed by atoms with E-state index >= 15 is 0 Å². The van der Waals surface area contributed by atoms with Gasteiger partial charge in [0.1, 0.15) is 17.7 Å². The minimum absolute atomic E-state index is 0.176. The highest BCUT2D eigenvalue weighted by molar-refractivity contribution is 5.89. The Bertz CT molecular complexity index is 1400. The third-order valence-electron chi connectivity index (χ3n) is 7.88. The molecule has 3 aromatic rings. The van der Waals surface area contributed by atoms with Crippen molar-refractivity contribution in [3.05, 3.63) is 71.3 Å². The van der Waals surface area contributed by atoms with Crippen molar-refractivity contribution < 1.29 is 14.3 Å². The summed E-state index contributed by atoms with van der Waals surface area (Å²) in [5.74, 6) is 1.99. The number of aromatic nitrogens is 4. The second kappa shape index (κ2) is 11.9. The van der Waals surface area contributed by atoms with Gasteiger partial charge >= 0.3 is 17.8 Å². The highest BCUT2D eigenvalue weighted by atomic mass is 16.6. The topological polar surface area (TPSA) is 123 Å². The van der Waals surface area contributed by atoms with Crippen molar-refractivity contribution in [2.75, 3.05) is 25.0 Å². The number of fused-ring (bicyclic) bond motifs is 1. The van der Waals surface area contributed by atoms with E-state index in [-0.39, 0.29) is 11.9 Å². The van der Waals surface area contributed by atoms with Gasteiger partial charge in [-0.05, 0) is 75.1 Å². The van der Waals surface area contributed by atoms with E-state index in [1.807, 2.05) is 32.9 Å². The fourth-order valence-electron chi connectivity index (χ4n) is 5.83. The Balaban J connectivity index is 1.14. The average Bonchev–Trinajstić information content (AvgIpc) is 3.29. The van der Waals surface area contributed by atoms with Crippen molar-refractivity contribution in [2.45, 2.75) is 58.6 Å². The van der Waals surface area contributed by atoms with Crippen molar-refractivity contribution in [1.29, 1.82) is 0 Å². The van der Waals surface area contributed by atoms with Crippen molar-refractivity contribution in [3.8, 4) is 5.69 Å². The molecule has 1 saturated heterocycles. The summed E-state index contributed by atoms with van der Waals surface area (Å²) in [5.41, 5.74) is 0.982. The number of piperidine rings is 1. The van der Waals surface area contributed by atoms with E-state index in [9.17, 15) is 14.4 Å². The van der Waals surface area contributed by atoms with Gasteiger partial charge in [0.2, 0.25) is 0 Å². The largest absolute Gasteiger partial charge is 0.444 e. The normalized spacial score (nSPS) is 20.7. The molecule has 2 aliphatic rings. The number of alkyl carbamates (subject to hydrolysis) is 1. The maximum Gasteiger partial charge on any atom is 0.407 e. The number of carbonyl (C=O) groups excluding carboxylic acids is 2. The van der Waals surface area contributed by atoms with Crippen LogP contribution in [0.5, 0.6) is 0 Å². The molecule has 2 N–H and O–H groups in total. The first-order valence-electron chi connectivity index (χ1n) is 14.3. The van der Waals surface area contributed by atoms with E-state index < -0.39 is 17.3 Å². The lowest BCUT2D eigenvalue weighted by molar-refractivity contribution is 0.0521. The number of nitrogens with zero attached hydrogens (tertiary/aromatic N) is 5. The van der Waals surface area contributed by atoms with Crippen LogP contribution in [0.25, 0.3) is 5.69 Å². The van der Waals surface area contributed by atoms with E-state index in [0.29, 0.717) is 36.0 Å². The first-order valence-corrected chi connectivity index (χ1v) is 14.3. The van der Waals surface area contributed by atoms with Crippen molar-refractivity contribution in [2.24, 2.45) is 17.8 Å². The number of imidazole rings is 1. The van der Waals surface area contributed by atoms with Crippen LogP contribution < -0.4 is 16.3 Å². The molecule has 3 atom stereocenters. The van der Waals surface area contributed by atoms with Crippen molar-refractivity contribution in [3.63, 3.8) is 0 Å². The molecule has 3 unspecified atom stereocenters. The number of hydrogen-bond donors (Lipinski definition) is 2. The molecule has 41 heavy (non-hydrogen) atoms. The van der Waals surface area contributed by atoms with Crippen LogP contribution in [-0.2, 0) is 11.2 Å². The minimum Gasteiger partial charge on any atom is -0.444 e. The first kappa shape index (κ1) is 28.5. The number of amides is 2. The van der Waals surface area contributed by atoms with Crippen molar-refractivity contribution >= 4 is 17.9 Å². The molecule has 2 fully saturated rings. The molecule has 1 aromatic carbocycles. The van der Waals surface area contributed by atoms with Crippen LogP contribution in [0.2, 0.25) is 0 Å². The summed E-state index contributed by atoms with van der Waals surface area (Å²) in [7, 11) is 0. The number of likely N-dealkylation sites (tertiary alicyclic amines) is 1. The van der Waals surface area contributed by atoms with Gasteiger partial charge in [-0.2, -0.15) is 4.98 Å².